The molecule has 0 aromatic heterocycles. The maximum atomic E-state index is 12.7. The van der Waals surface area contributed by atoms with Gasteiger partial charge in [0, 0.05) is 19.3 Å². The van der Waals surface area contributed by atoms with Crippen molar-refractivity contribution in [1.29, 1.82) is 0 Å². The van der Waals surface area contributed by atoms with Crippen molar-refractivity contribution in [3.8, 4) is 0 Å². The molecule has 6 heteroatoms. The Hall–Kier alpha value is -2.37. The van der Waals surface area contributed by atoms with Crippen LogP contribution in [-0.4, -0.2) is 37.2 Å². The summed E-state index contributed by atoms with van der Waals surface area (Å²) in [6.07, 6.45) is 54.5. The van der Waals surface area contributed by atoms with Gasteiger partial charge in [-0.15, -0.1) is 0 Å². The second kappa shape index (κ2) is 47.3. The lowest BCUT2D eigenvalue weighted by molar-refractivity contribution is -0.167. The fourth-order valence-electron chi connectivity index (χ4n) is 7.04. The monoisotopic (exact) mass is 815 g/mol. The lowest BCUT2D eigenvalue weighted by Gasteiger charge is -2.18. The highest BCUT2D eigenvalue weighted by Gasteiger charge is 2.19. The lowest BCUT2D eigenvalue weighted by atomic mass is 10.0. The molecule has 0 aromatic rings. The van der Waals surface area contributed by atoms with E-state index in [4.69, 9.17) is 14.2 Å². The first-order valence-electron chi connectivity index (χ1n) is 25.0. The molecule has 1 atom stereocenters. The molecule has 0 amide bonds. The van der Waals surface area contributed by atoms with E-state index < -0.39 is 6.10 Å². The zero-order valence-corrected chi connectivity index (χ0v) is 38.6. The minimum absolute atomic E-state index is 0.0751. The molecule has 0 fully saturated rings. The third-order valence-corrected chi connectivity index (χ3v) is 10.9. The van der Waals surface area contributed by atoms with Crippen LogP contribution in [0.3, 0.4) is 0 Å². The van der Waals surface area contributed by atoms with Gasteiger partial charge < -0.3 is 14.2 Å². The molecule has 0 rings (SSSR count). The van der Waals surface area contributed by atoms with Crippen molar-refractivity contribution in [3.05, 3.63) is 36.5 Å². The molecule has 0 aliphatic heterocycles. The second-order valence-electron chi connectivity index (χ2n) is 16.7. The zero-order chi connectivity index (χ0) is 42.3. The van der Waals surface area contributed by atoms with Crippen molar-refractivity contribution in [1.82, 2.24) is 0 Å². The highest BCUT2D eigenvalue weighted by atomic mass is 16.6. The normalized spacial score (nSPS) is 12.3. The van der Waals surface area contributed by atoms with Gasteiger partial charge in [0.25, 0.3) is 0 Å². The number of ether oxygens (including phenoxy) is 3. The van der Waals surface area contributed by atoms with Crippen molar-refractivity contribution in [3.63, 3.8) is 0 Å². The van der Waals surface area contributed by atoms with Gasteiger partial charge >= 0.3 is 17.9 Å². The number of hydrogen-bond acceptors (Lipinski definition) is 6. The molecule has 0 radical (unpaired) electrons. The molecule has 1 unspecified atom stereocenters. The van der Waals surface area contributed by atoms with E-state index in [9.17, 15) is 14.4 Å². The molecule has 0 N–H and O–H groups in total. The molecule has 58 heavy (non-hydrogen) atoms. The Kier molecular flexibility index (Phi) is 45.4. The van der Waals surface area contributed by atoms with Crippen LogP contribution in [0.25, 0.3) is 0 Å². The Morgan fingerprint density at radius 1 is 0.345 bits per heavy atom. The third-order valence-electron chi connectivity index (χ3n) is 10.9. The fraction of sp³-hybridized carbons (Fsp3) is 0.827. The van der Waals surface area contributed by atoms with E-state index in [1.54, 1.807) is 0 Å². The molecule has 0 bridgehead atoms. The van der Waals surface area contributed by atoms with Crippen molar-refractivity contribution >= 4 is 17.9 Å². The maximum Gasteiger partial charge on any atom is 0.306 e. The predicted molar refractivity (Wildman–Crippen MR) is 247 cm³/mol. The van der Waals surface area contributed by atoms with Gasteiger partial charge in [0.2, 0.25) is 0 Å². The largest absolute Gasteiger partial charge is 0.462 e. The van der Waals surface area contributed by atoms with E-state index in [-0.39, 0.29) is 31.1 Å². The molecule has 0 saturated heterocycles. The summed E-state index contributed by atoms with van der Waals surface area (Å²) >= 11 is 0. The summed E-state index contributed by atoms with van der Waals surface area (Å²) < 4.78 is 16.6. The van der Waals surface area contributed by atoms with Crippen molar-refractivity contribution in [2.75, 3.05) is 13.2 Å². The predicted octanol–water partition coefficient (Wildman–Crippen LogP) is 16.1. The van der Waals surface area contributed by atoms with Crippen LogP contribution >= 0.6 is 0 Å². The van der Waals surface area contributed by atoms with E-state index in [1.165, 1.54) is 141 Å². The van der Waals surface area contributed by atoms with Crippen LogP contribution in [0.2, 0.25) is 0 Å². The number of carbonyl (C=O) groups excluding carboxylic acids is 3. The van der Waals surface area contributed by atoms with Gasteiger partial charge in [-0.1, -0.05) is 205 Å². The minimum atomic E-state index is -0.770. The van der Waals surface area contributed by atoms with Crippen LogP contribution < -0.4 is 0 Å². The summed E-state index contributed by atoms with van der Waals surface area (Å²) in [5.74, 6) is -0.892. The molecule has 0 spiro atoms. The van der Waals surface area contributed by atoms with E-state index in [2.05, 4.69) is 57.2 Å². The summed E-state index contributed by atoms with van der Waals surface area (Å²) in [7, 11) is 0. The SMILES string of the molecule is CCCC/C=C\CCCCCCCC(=O)OC(COC(=O)CCCCCCCC)COC(=O)CCCCCCCCCCCCC/C=C\C/C=C\CCCCCCC. The number of rotatable bonds is 45. The lowest BCUT2D eigenvalue weighted by Crippen LogP contribution is -2.30. The maximum absolute atomic E-state index is 12.7. The van der Waals surface area contributed by atoms with Crippen molar-refractivity contribution < 1.29 is 28.6 Å². The quantitative estimate of drug-likeness (QED) is 0.0264. The summed E-state index contributed by atoms with van der Waals surface area (Å²) in [6, 6.07) is 0. The average molecular weight is 815 g/mol. The topological polar surface area (TPSA) is 78.9 Å². The smallest absolute Gasteiger partial charge is 0.306 e. The van der Waals surface area contributed by atoms with E-state index in [1.807, 2.05) is 0 Å². The van der Waals surface area contributed by atoms with Crippen LogP contribution in [0.4, 0.5) is 0 Å². The van der Waals surface area contributed by atoms with E-state index >= 15 is 0 Å². The molecule has 0 aliphatic carbocycles. The fourth-order valence-corrected chi connectivity index (χ4v) is 7.04. The molecular formula is C52H94O6. The molecule has 0 heterocycles. The molecule has 0 aliphatic rings. The van der Waals surface area contributed by atoms with Crippen LogP contribution in [0, 0.1) is 0 Å². The van der Waals surface area contributed by atoms with Crippen LogP contribution in [0.5, 0.6) is 0 Å². The van der Waals surface area contributed by atoms with E-state index in [0.717, 1.165) is 77.0 Å². The standard InChI is InChI=1S/C52H94O6/c1-4-7-10-13-16-18-20-21-22-23-24-25-26-27-28-29-30-31-33-34-36-39-42-45-51(54)57-48-49(47-56-50(53)44-41-38-15-12-9-6-3)58-52(55)46-43-40-37-35-32-19-17-14-11-8-5-2/h14,17,20-21,23-24,49H,4-13,15-16,18-19,22,25-48H2,1-3H3/b17-14-,21-20-,24-23-. The minimum Gasteiger partial charge on any atom is -0.462 e. The second-order valence-corrected chi connectivity index (χ2v) is 16.7. The zero-order valence-electron chi connectivity index (χ0n) is 38.6. The number of carbonyl (C=O) groups is 3. The first-order chi connectivity index (χ1) is 28.5. The number of hydrogen-bond donors (Lipinski definition) is 0. The molecule has 0 saturated carbocycles. The Bertz CT molecular complexity index is 984. The van der Waals surface area contributed by atoms with Gasteiger partial charge in [-0.3, -0.25) is 14.4 Å². The number of esters is 3. The summed E-state index contributed by atoms with van der Waals surface area (Å²) in [4.78, 5) is 37.6. The highest BCUT2D eigenvalue weighted by Crippen LogP contribution is 2.15. The Labute approximate surface area is 359 Å². The number of unbranched alkanes of at least 4 members (excludes halogenated alkanes) is 28. The van der Waals surface area contributed by atoms with Gasteiger partial charge in [0.1, 0.15) is 13.2 Å². The van der Waals surface area contributed by atoms with Crippen molar-refractivity contribution in [2.45, 2.75) is 264 Å². The highest BCUT2D eigenvalue weighted by molar-refractivity contribution is 5.71. The van der Waals surface area contributed by atoms with Gasteiger partial charge in [-0.05, 0) is 70.6 Å². The van der Waals surface area contributed by atoms with Gasteiger partial charge in [-0.2, -0.15) is 0 Å². The number of allylic oxidation sites excluding steroid dienone is 6. The van der Waals surface area contributed by atoms with Gasteiger partial charge in [-0.25, -0.2) is 0 Å². The van der Waals surface area contributed by atoms with Crippen LogP contribution in [0.1, 0.15) is 258 Å². The molecular weight excluding hydrogens is 721 g/mol. The molecule has 338 valence electrons. The molecule has 6 nitrogen and oxygen atoms in total. The van der Waals surface area contributed by atoms with Crippen LogP contribution in [0.15, 0.2) is 36.5 Å². The summed E-state index contributed by atoms with van der Waals surface area (Å²) in [5, 5.41) is 0. The Morgan fingerprint density at radius 2 is 0.638 bits per heavy atom. The van der Waals surface area contributed by atoms with E-state index in [0.29, 0.717) is 19.3 Å². The molecule has 0 aromatic carbocycles. The summed E-state index contributed by atoms with van der Waals surface area (Å²) in [5.41, 5.74) is 0. The van der Waals surface area contributed by atoms with Gasteiger partial charge in [0.05, 0.1) is 0 Å². The van der Waals surface area contributed by atoms with Gasteiger partial charge in [0.15, 0.2) is 6.10 Å². The van der Waals surface area contributed by atoms with Crippen molar-refractivity contribution in [2.24, 2.45) is 0 Å². The first kappa shape index (κ1) is 55.6. The Morgan fingerprint density at radius 3 is 1.02 bits per heavy atom. The Balaban J connectivity index is 4.11. The summed E-state index contributed by atoms with van der Waals surface area (Å²) in [6.45, 7) is 6.53. The third kappa shape index (κ3) is 44.7. The van der Waals surface area contributed by atoms with Crippen LogP contribution in [-0.2, 0) is 28.6 Å². The average Bonchev–Trinajstić information content (AvgIpc) is 3.22. The first-order valence-corrected chi connectivity index (χ1v) is 25.0.